The number of nitrogens with zero attached hydrogens (tertiary/aromatic N) is 2. The van der Waals surface area contributed by atoms with E-state index in [0.717, 1.165) is 16.8 Å². The molecule has 0 amide bonds. The van der Waals surface area contributed by atoms with Crippen molar-refractivity contribution in [1.29, 1.82) is 0 Å². The van der Waals surface area contributed by atoms with E-state index in [2.05, 4.69) is 5.10 Å². The van der Waals surface area contributed by atoms with E-state index in [-0.39, 0.29) is 28.3 Å². The number of carbonyl (C=O) groups excluding carboxylic acids is 1. The van der Waals surface area contributed by atoms with Crippen LogP contribution in [0.15, 0.2) is 53.4 Å². The minimum absolute atomic E-state index is 0.00143. The lowest BCUT2D eigenvalue weighted by molar-refractivity contribution is -0.144. The van der Waals surface area contributed by atoms with Gasteiger partial charge in [0.05, 0.1) is 23.4 Å². The Bertz CT molecular complexity index is 1270. The lowest BCUT2D eigenvalue weighted by Gasteiger charge is -2.13. The highest BCUT2D eigenvalue weighted by molar-refractivity contribution is 7.89. The number of carbonyl (C=O) groups is 1. The van der Waals surface area contributed by atoms with Crippen molar-refractivity contribution in [2.75, 3.05) is 7.11 Å². The van der Waals surface area contributed by atoms with Crippen LogP contribution in [-0.4, -0.2) is 31.3 Å². The van der Waals surface area contributed by atoms with Gasteiger partial charge in [-0.05, 0) is 48.5 Å². The fourth-order valence-electron chi connectivity index (χ4n) is 3.03. The fraction of sp³-hybridized carbons (Fsp3) is 0.238. The Balaban J connectivity index is 2.17. The number of hydrogen-bond acceptors (Lipinski definition) is 6. The van der Waals surface area contributed by atoms with Crippen LogP contribution < -0.4 is 9.88 Å². The molecule has 1 aromatic heterocycles. The maximum Gasteiger partial charge on any atom is 0.435 e. The first kappa shape index (κ1) is 24.3. The molecule has 0 saturated carbocycles. The van der Waals surface area contributed by atoms with Gasteiger partial charge < -0.3 is 9.47 Å². The van der Waals surface area contributed by atoms with Crippen molar-refractivity contribution in [2.24, 2.45) is 5.14 Å². The first-order valence-corrected chi connectivity index (χ1v) is 11.1. The maximum atomic E-state index is 13.4. The molecule has 0 spiro atoms. The van der Waals surface area contributed by atoms with Crippen molar-refractivity contribution in [1.82, 2.24) is 9.78 Å². The van der Waals surface area contributed by atoms with E-state index < -0.39 is 34.5 Å². The largest absolute Gasteiger partial charge is 0.497 e. The summed E-state index contributed by atoms with van der Waals surface area (Å²) < 4.78 is 75.3. The monoisotopic (exact) mass is 483 g/mol. The number of benzene rings is 2. The average Bonchev–Trinajstić information content (AvgIpc) is 3.22. The Morgan fingerprint density at radius 1 is 1.12 bits per heavy atom. The molecule has 3 aromatic rings. The number of methoxy groups -OCH3 is 1. The van der Waals surface area contributed by atoms with Crippen LogP contribution in [0.4, 0.5) is 13.2 Å². The zero-order valence-corrected chi connectivity index (χ0v) is 18.4. The molecule has 2 N–H and O–H groups in total. The molecule has 0 aliphatic rings. The van der Waals surface area contributed by atoms with Crippen molar-refractivity contribution < 1.29 is 35.9 Å². The maximum absolute atomic E-state index is 13.4. The minimum Gasteiger partial charge on any atom is -0.497 e. The van der Waals surface area contributed by atoms with Crippen molar-refractivity contribution in [2.45, 2.75) is 31.0 Å². The summed E-state index contributed by atoms with van der Waals surface area (Å²) in [6.45, 7) is 1.13. The molecule has 0 radical (unpaired) electrons. The standard InChI is InChI=1S/C21H20F3N3O5S/c1-3-20(28)32-12-14-10-15(6-9-18(14)33(25,29)30)27-17(11-19(26-27)21(22,23)24)13-4-7-16(31-2)8-5-13/h4-11H,3,12H2,1-2H3,(H2,25,29,30). The molecule has 1 heterocycles. The second kappa shape index (κ2) is 9.24. The van der Waals surface area contributed by atoms with E-state index in [9.17, 15) is 26.4 Å². The fourth-order valence-corrected chi connectivity index (χ4v) is 3.77. The number of halogens is 3. The van der Waals surface area contributed by atoms with E-state index in [1.54, 1.807) is 31.2 Å². The first-order chi connectivity index (χ1) is 15.4. The predicted molar refractivity (Wildman–Crippen MR) is 112 cm³/mol. The van der Waals surface area contributed by atoms with Crippen molar-refractivity contribution >= 4 is 16.0 Å². The van der Waals surface area contributed by atoms with Gasteiger partial charge in [0.1, 0.15) is 12.4 Å². The number of alkyl halides is 3. The summed E-state index contributed by atoms with van der Waals surface area (Å²) in [5.74, 6) is -0.0727. The Hall–Kier alpha value is -3.38. The van der Waals surface area contributed by atoms with Crippen molar-refractivity contribution in [3.8, 4) is 22.7 Å². The molecule has 0 unspecified atom stereocenters. The summed E-state index contributed by atoms with van der Waals surface area (Å²) >= 11 is 0. The Labute approximate surface area is 187 Å². The van der Waals surface area contributed by atoms with E-state index in [1.807, 2.05) is 0 Å². The van der Waals surface area contributed by atoms with Gasteiger partial charge in [-0.1, -0.05) is 6.92 Å². The SMILES string of the molecule is CCC(=O)OCc1cc(-n2nc(C(F)(F)F)cc2-c2ccc(OC)cc2)ccc1S(N)(=O)=O. The van der Waals surface area contributed by atoms with Crippen LogP contribution in [0.3, 0.4) is 0 Å². The number of primary sulfonamides is 1. The Kier molecular flexibility index (Phi) is 6.79. The number of hydrogen-bond donors (Lipinski definition) is 1. The quantitative estimate of drug-likeness (QED) is 0.513. The minimum atomic E-state index is -4.72. The van der Waals surface area contributed by atoms with Gasteiger partial charge in [-0.2, -0.15) is 18.3 Å². The van der Waals surface area contributed by atoms with Crippen LogP contribution in [0.5, 0.6) is 5.75 Å². The van der Waals surface area contributed by atoms with Gasteiger partial charge in [0.15, 0.2) is 5.69 Å². The average molecular weight is 483 g/mol. The third-order valence-electron chi connectivity index (χ3n) is 4.66. The van der Waals surface area contributed by atoms with E-state index >= 15 is 0 Å². The normalized spacial score (nSPS) is 11.9. The van der Waals surface area contributed by atoms with Crippen LogP contribution in [-0.2, 0) is 32.3 Å². The van der Waals surface area contributed by atoms with E-state index in [0.29, 0.717) is 11.3 Å². The van der Waals surface area contributed by atoms with E-state index in [4.69, 9.17) is 14.6 Å². The smallest absolute Gasteiger partial charge is 0.435 e. The second-order valence-electron chi connectivity index (χ2n) is 6.90. The summed E-state index contributed by atoms with van der Waals surface area (Å²) in [7, 11) is -2.73. The van der Waals surface area contributed by atoms with Gasteiger partial charge >= 0.3 is 12.1 Å². The molecule has 2 aromatic carbocycles. The molecule has 0 aliphatic carbocycles. The number of nitrogens with two attached hydrogens (primary N) is 1. The summed E-state index contributed by atoms with van der Waals surface area (Å²) in [6.07, 6.45) is -4.66. The van der Waals surface area contributed by atoms with Gasteiger partial charge in [0, 0.05) is 17.5 Å². The number of esters is 1. The molecule has 8 nitrogen and oxygen atoms in total. The second-order valence-corrected chi connectivity index (χ2v) is 8.43. The van der Waals surface area contributed by atoms with Crippen molar-refractivity contribution in [3.63, 3.8) is 0 Å². The summed E-state index contributed by atoms with van der Waals surface area (Å²) in [5, 5.41) is 8.93. The summed E-state index contributed by atoms with van der Waals surface area (Å²) in [6, 6.07) is 10.8. The molecule has 0 aliphatic heterocycles. The van der Waals surface area contributed by atoms with Gasteiger partial charge in [-0.25, -0.2) is 18.2 Å². The molecule has 0 saturated heterocycles. The van der Waals surface area contributed by atoms with E-state index in [1.165, 1.54) is 19.2 Å². The molecule has 12 heteroatoms. The highest BCUT2D eigenvalue weighted by atomic mass is 32.2. The van der Waals surface area contributed by atoms with Gasteiger partial charge in [-0.3, -0.25) is 4.79 Å². The topological polar surface area (TPSA) is 114 Å². The van der Waals surface area contributed by atoms with Crippen LogP contribution in [0.2, 0.25) is 0 Å². The number of rotatable bonds is 7. The van der Waals surface area contributed by atoms with Crippen LogP contribution in [0.25, 0.3) is 16.9 Å². The first-order valence-electron chi connectivity index (χ1n) is 9.57. The Morgan fingerprint density at radius 3 is 2.33 bits per heavy atom. The Morgan fingerprint density at radius 2 is 1.79 bits per heavy atom. The lowest BCUT2D eigenvalue weighted by Crippen LogP contribution is -2.16. The molecular weight excluding hydrogens is 463 g/mol. The van der Waals surface area contributed by atoms with Crippen LogP contribution in [0, 0.1) is 0 Å². The zero-order valence-electron chi connectivity index (χ0n) is 17.6. The molecule has 3 rings (SSSR count). The van der Waals surface area contributed by atoms with Gasteiger partial charge in [0.25, 0.3) is 0 Å². The molecule has 176 valence electrons. The molecule has 0 bridgehead atoms. The predicted octanol–water partition coefficient (Wildman–Crippen LogP) is 3.67. The highest BCUT2D eigenvalue weighted by Crippen LogP contribution is 2.34. The molecular formula is C21H20F3N3O5S. The zero-order chi connectivity index (χ0) is 24.4. The number of ether oxygens (including phenoxy) is 2. The lowest BCUT2D eigenvalue weighted by atomic mass is 10.1. The van der Waals surface area contributed by atoms with Crippen LogP contribution in [0.1, 0.15) is 24.6 Å². The van der Waals surface area contributed by atoms with Gasteiger partial charge in [0.2, 0.25) is 10.0 Å². The molecule has 0 fully saturated rings. The van der Waals surface area contributed by atoms with Crippen molar-refractivity contribution in [3.05, 3.63) is 59.8 Å². The van der Waals surface area contributed by atoms with Crippen LogP contribution >= 0.6 is 0 Å². The molecule has 0 atom stereocenters. The highest BCUT2D eigenvalue weighted by Gasteiger charge is 2.35. The third-order valence-corrected chi connectivity index (χ3v) is 5.67. The summed E-state index contributed by atoms with van der Waals surface area (Å²) in [4.78, 5) is 11.2. The number of aromatic nitrogens is 2. The molecule has 33 heavy (non-hydrogen) atoms. The number of sulfonamides is 1. The summed E-state index contributed by atoms with van der Waals surface area (Å²) in [5.41, 5.74) is -0.506. The third kappa shape index (κ3) is 5.52. The van der Waals surface area contributed by atoms with Gasteiger partial charge in [-0.15, -0.1) is 0 Å².